The van der Waals surface area contributed by atoms with Crippen LogP contribution >= 0.6 is 22.7 Å². The third kappa shape index (κ3) is 6.56. The maximum Gasteiger partial charge on any atom is 0.165 e. The molecule has 0 unspecified atom stereocenters. The van der Waals surface area contributed by atoms with Crippen molar-refractivity contribution < 1.29 is 8.83 Å². The predicted octanol–water partition coefficient (Wildman–Crippen LogP) is 19.8. The Kier molecular flexibility index (Phi) is 9.07. The summed E-state index contributed by atoms with van der Waals surface area (Å²) in [5.74, 6) is 1.73. The summed E-state index contributed by atoms with van der Waals surface area (Å²) < 4.78 is 20.3. The average molecular weight is 1020 g/mol. The molecule has 0 aliphatic rings. The van der Waals surface area contributed by atoms with E-state index in [4.69, 9.17) is 23.8 Å². The Morgan fingerprint density at radius 2 is 0.844 bits per heavy atom. The zero-order valence-electron chi connectivity index (χ0n) is 40.9. The van der Waals surface area contributed by atoms with E-state index < -0.39 is 0 Å². The third-order valence-electron chi connectivity index (χ3n) is 15.5. The number of hydrogen-bond acceptors (Lipinski definition) is 7. The molecule has 6 heterocycles. The molecule has 358 valence electrons. The van der Waals surface area contributed by atoms with Gasteiger partial charge in [-0.2, -0.15) is 0 Å². The van der Waals surface area contributed by atoms with Crippen LogP contribution in [0.3, 0.4) is 0 Å². The summed E-state index contributed by atoms with van der Waals surface area (Å²) in [4.78, 5) is 16.0. The predicted molar refractivity (Wildman–Crippen MR) is 322 cm³/mol. The Balaban J connectivity index is 0.802. The molecule has 17 rings (SSSR count). The van der Waals surface area contributed by atoms with Crippen LogP contribution in [0.15, 0.2) is 239 Å². The van der Waals surface area contributed by atoms with Crippen LogP contribution in [0.2, 0.25) is 0 Å². The molecule has 8 heteroatoms. The average Bonchev–Trinajstić information content (AvgIpc) is 4.37. The summed E-state index contributed by atoms with van der Waals surface area (Å²) in [6.07, 6.45) is 0. The number of aromatic nitrogens is 4. The highest BCUT2D eigenvalue weighted by Crippen LogP contribution is 2.44. The van der Waals surface area contributed by atoms with Gasteiger partial charge in [0, 0.05) is 95.0 Å². The molecular formula is C69H38N4O2S2. The Bertz CT molecular complexity index is 5310. The summed E-state index contributed by atoms with van der Waals surface area (Å²) in [6, 6.07) is 82.2. The van der Waals surface area contributed by atoms with Gasteiger partial charge in [0.1, 0.15) is 22.3 Å². The molecule has 11 aromatic carbocycles. The second-order valence-corrected chi connectivity index (χ2v) is 22.0. The van der Waals surface area contributed by atoms with Gasteiger partial charge in [-0.3, -0.25) is 0 Å². The van der Waals surface area contributed by atoms with Gasteiger partial charge in [-0.1, -0.05) is 127 Å². The van der Waals surface area contributed by atoms with E-state index >= 15 is 0 Å². The van der Waals surface area contributed by atoms with Crippen LogP contribution in [0, 0.1) is 0 Å². The zero-order chi connectivity index (χ0) is 50.3. The maximum atomic E-state index is 6.67. The number of rotatable bonds is 6. The molecule has 17 aromatic rings. The number of fused-ring (bicyclic) bond motifs is 15. The van der Waals surface area contributed by atoms with Gasteiger partial charge in [-0.15, -0.1) is 22.7 Å². The molecule has 6 nitrogen and oxygen atoms in total. The summed E-state index contributed by atoms with van der Waals surface area (Å²) in [6.45, 7) is 0. The first-order chi connectivity index (χ1) is 38.1. The standard InChI is InChI=1S/C69H38N4O2S2/c1-2-12-44(13-3-1)73-56-20-7-4-14-45(56)52-34-39(25-30-57(52)73)41-27-32-63-53(35-41)54-36-42(28-33-64(54)76-63)40-26-31-59-55(37-40)65-50(18-11-22-60(65)74-59)68-70-67(43-24-29-47-46-15-5-8-21-58(46)75-61(47)38-43)71-69(72-68)51-19-10-17-49-48-16-6-9-23-62(48)77-66(49)51/h1-38H. The van der Waals surface area contributed by atoms with Crippen molar-refractivity contribution in [2.45, 2.75) is 0 Å². The minimum absolute atomic E-state index is 0.562. The van der Waals surface area contributed by atoms with Crippen LogP contribution in [0.1, 0.15) is 0 Å². The van der Waals surface area contributed by atoms with Crippen molar-refractivity contribution in [3.8, 4) is 62.1 Å². The monoisotopic (exact) mass is 1020 g/mol. The number of benzene rings is 11. The van der Waals surface area contributed by atoms with Crippen molar-refractivity contribution in [1.82, 2.24) is 19.5 Å². The first kappa shape index (κ1) is 42.6. The van der Waals surface area contributed by atoms with Crippen molar-refractivity contribution in [3.63, 3.8) is 0 Å². The van der Waals surface area contributed by atoms with Crippen molar-refractivity contribution in [1.29, 1.82) is 0 Å². The first-order valence-electron chi connectivity index (χ1n) is 25.7. The van der Waals surface area contributed by atoms with E-state index in [1.807, 2.05) is 41.7 Å². The highest BCUT2D eigenvalue weighted by Gasteiger charge is 2.22. The fourth-order valence-corrected chi connectivity index (χ4v) is 14.1. The minimum atomic E-state index is 0.562. The molecule has 0 fully saturated rings. The van der Waals surface area contributed by atoms with Gasteiger partial charge < -0.3 is 13.4 Å². The van der Waals surface area contributed by atoms with Gasteiger partial charge in [-0.05, 0) is 125 Å². The molecule has 0 saturated heterocycles. The summed E-state index contributed by atoms with van der Waals surface area (Å²) in [5, 5.41) is 11.5. The molecule has 0 radical (unpaired) electrons. The number of hydrogen-bond donors (Lipinski definition) is 0. The quantitative estimate of drug-likeness (QED) is 0.166. The Labute approximate surface area is 447 Å². The molecule has 0 amide bonds. The number of thiophene rings is 2. The second-order valence-electron chi connectivity index (χ2n) is 19.8. The zero-order valence-corrected chi connectivity index (χ0v) is 42.5. The molecule has 77 heavy (non-hydrogen) atoms. The van der Waals surface area contributed by atoms with E-state index in [1.165, 1.54) is 68.6 Å². The Hall–Kier alpha value is -9.73. The van der Waals surface area contributed by atoms with Crippen LogP contribution in [0.25, 0.3) is 168 Å². The van der Waals surface area contributed by atoms with Crippen molar-refractivity contribution in [2.75, 3.05) is 0 Å². The van der Waals surface area contributed by atoms with Crippen LogP contribution in [0.4, 0.5) is 0 Å². The third-order valence-corrected chi connectivity index (χ3v) is 17.8. The van der Waals surface area contributed by atoms with Crippen LogP contribution in [0.5, 0.6) is 0 Å². The topological polar surface area (TPSA) is 69.9 Å². The molecule has 0 saturated carbocycles. The summed E-state index contributed by atoms with van der Waals surface area (Å²) >= 11 is 3.61. The lowest BCUT2D eigenvalue weighted by molar-refractivity contribution is 0.668. The Morgan fingerprint density at radius 1 is 0.299 bits per heavy atom. The first-order valence-corrected chi connectivity index (χ1v) is 27.3. The van der Waals surface area contributed by atoms with E-state index in [2.05, 4.69) is 205 Å². The van der Waals surface area contributed by atoms with E-state index in [-0.39, 0.29) is 0 Å². The molecule has 0 aliphatic heterocycles. The van der Waals surface area contributed by atoms with Gasteiger partial charge in [0.2, 0.25) is 0 Å². The number of nitrogens with zero attached hydrogens (tertiary/aromatic N) is 4. The molecule has 0 N–H and O–H groups in total. The molecule has 6 aromatic heterocycles. The Morgan fingerprint density at radius 3 is 1.68 bits per heavy atom. The normalized spacial score (nSPS) is 12.2. The fourth-order valence-electron chi connectivity index (χ4n) is 11.9. The lowest BCUT2D eigenvalue weighted by Gasteiger charge is -2.10. The minimum Gasteiger partial charge on any atom is -0.456 e. The smallest absolute Gasteiger partial charge is 0.165 e. The number of furan rings is 2. The van der Waals surface area contributed by atoms with Gasteiger partial charge in [0.05, 0.1) is 11.0 Å². The molecule has 0 spiro atoms. The largest absolute Gasteiger partial charge is 0.456 e. The molecular weight excluding hydrogens is 981 g/mol. The van der Waals surface area contributed by atoms with Gasteiger partial charge in [-0.25, -0.2) is 15.0 Å². The molecule has 0 aliphatic carbocycles. The van der Waals surface area contributed by atoms with E-state index in [0.717, 1.165) is 82.1 Å². The fraction of sp³-hybridized carbons (Fsp3) is 0. The van der Waals surface area contributed by atoms with E-state index in [0.29, 0.717) is 17.5 Å². The van der Waals surface area contributed by atoms with Crippen LogP contribution in [-0.2, 0) is 0 Å². The number of para-hydroxylation sites is 3. The van der Waals surface area contributed by atoms with Gasteiger partial charge in [0.15, 0.2) is 17.5 Å². The van der Waals surface area contributed by atoms with Crippen molar-refractivity contribution in [2.24, 2.45) is 0 Å². The van der Waals surface area contributed by atoms with Crippen molar-refractivity contribution in [3.05, 3.63) is 231 Å². The SMILES string of the molecule is c1ccc(-n2c3ccccc3c3cc(-c4ccc5sc6ccc(-c7ccc8oc9cccc(-c%10nc(-c%11ccc%12c(c%11)oc%11ccccc%11%12)nc(-c%11cccc%12c%11sc%11ccccc%11%12)n%10)c9c8c7)cc6c5c4)ccc32)cc1. The van der Waals surface area contributed by atoms with E-state index in [9.17, 15) is 0 Å². The van der Waals surface area contributed by atoms with Crippen molar-refractivity contribution >= 4 is 129 Å². The van der Waals surface area contributed by atoms with E-state index in [1.54, 1.807) is 11.3 Å². The summed E-state index contributed by atoms with van der Waals surface area (Å²) in [7, 11) is 0. The second kappa shape index (κ2) is 16.4. The highest BCUT2D eigenvalue weighted by atomic mass is 32.1. The van der Waals surface area contributed by atoms with Gasteiger partial charge >= 0.3 is 0 Å². The van der Waals surface area contributed by atoms with Crippen LogP contribution < -0.4 is 0 Å². The highest BCUT2D eigenvalue weighted by molar-refractivity contribution is 7.26. The summed E-state index contributed by atoms with van der Waals surface area (Å²) in [5.41, 5.74) is 14.0. The van der Waals surface area contributed by atoms with Crippen LogP contribution in [-0.4, -0.2) is 19.5 Å². The molecule has 0 atom stereocenters. The lowest BCUT2D eigenvalue weighted by Crippen LogP contribution is -2.00. The lowest BCUT2D eigenvalue weighted by atomic mass is 9.98. The van der Waals surface area contributed by atoms with Gasteiger partial charge in [0.25, 0.3) is 0 Å². The molecule has 0 bridgehead atoms. The maximum absolute atomic E-state index is 6.67.